The van der Waals surface area contributed by atoms with E-state index < -0.39 is 6.10 Å². The average molecular weight is 683 g/mol. The van der Waals surface area contributed by atoms with Gasteiger partial charge in [-0.3, -0.25) is 4.79 Å². The lowest BCUT2D eigenvalue weighted by Gasteiger charge is -2.15. The van der Waals surface area contributed by atoms with Gasteiger partial charge < -0.3 is 14.6 Å². The van der Waals surface area contributed by atoms with Crippen LogP contribution < -0.4 is 0 Å². The van der Waals surface area contributed by atoms with Crippen LogP contribution in [-0.4, -0.2) is 37.0 Å². The number of carbonyl (C=O) groups excluding carboxylic acids is 1. The van der Waals surface area contributed by atoms with Crippen LogP contribution in [0.5, 0.6) is 0 Å². The number of rotatable bonds is 37. The van der Waals surface area contributed by atoms with E-state index in [0.717, 1.165) is 57.8 Å². The molecule has 0 aliphatic heterocycles. The zero-order chi connectivity index (χ0) is 35.6. The summed E-state index contributed by atoms with van der Waals surface area (Å²) in [6.07, 6.45) is 56.6. The van der Waals surface area contributed by atoms with Crippen LogP contribution in [0.2, 0.25) is 0 Å². The highest BCUT2D eigenvalue weighted by Crippen LogP contribution is 2.12. The number of allylic oxidation sites excluding steroid dienone is 12. The van der Waals surface area contributed by atoms with Crippen molar-refractivity contribution in [3.05, 3.63) is 72.9 Å². The summed E-state index contributed by atoms with van der Waals surface area (Å²) >= 11 is 0. The lowest BCUT2D eigenvalue weighted by Crippen LogP contribution is -2.27. The summed E-state index contributed by atoms with van der Waals surface area (Å²) in [4.78, 5) is 12.2. The predicted octanol–water partition coefficient (Wildman–Crippen LogP) is 13.4. The molecule has 0 aliphatic carbocycles. The van der Waals surface area contributed by atoms with Gasteiger partial charge in [-0.2, -0.15) is 0 Å². The van der Waals surface area contributed by atoms with Gasteiger partial charge in [0.05, 0.1) is 13.2 Å². The number of hydrogen-bond acceptors (Lipinski definition) is 4. The minimum absolute atomic E-state index is 0.183. The van der Waals surface area contributed by atoms with Crippen molar-refractivity contribution in [2.75, 3.05) is 19.8 Å². The van der Waals surface area contributed by atoms with Crippen LogP contribution in [0.3, 0.4) is 0 Å². The summed E-state index contributed by atoms with van der Waals surface area (Å²) in [6, 6.07) is 0. The van der Waals surface area contributed by atoms with Crippen molar-refractivity contribution in [1.29, 1.82) is 0 Å². The molecule has 0 radical (unpaired) electrons. The fourth-order valence-corrected chi connectivity index (χ4v) is 5.47. The summed E-state index contributed by atoms with van der Waals surface area (Å²) in [5.41, 5.74) is 0. The minimum atomic E-state index is -0.547. The molecule has 0 saturated carbocycles. The number of esters is 1. The maximum absolute atomic E-state index is 12.2. The first kappa shape index (κ1) is 46.8. The highest BCUT2D eigenvalue weighted by atomic mass is 16.6. The summed E-state index contributed by atoms with van der Waals surface area (Å²) in [5.74, 6) is -0.216. The number of aliphatic hydroxyl groups excluding tert-OH is 1. The Morgan fingerprint density at radius 1 is 0.510 bits per heavy atom. The molecule has 4 nitrogen and oxygen atoms in total. The van der Waals surface area contributed by atoms with Crippen LogP contribution in [-0.2, 0) is 14.3 Å². The van der Waals surface area contributed by atoms with Crippen molar-refractivity contribution in [3.8, 4) is 0 Å². The number of unbranched alkanes of at least 4 members (excludes halogenated alkanes) is 17. The predicted molar refractivity (Wildman–Crippen MR) is 214 cm³/mol. The maximum Gasteiger partial charge on any atom is 0.306 e. The zero-order valence-corrected chi connectivity index (χ0v) is 32.2. The second-order valence-corrected chi connectivity index (χ2v) is 13.3. The standard InChI is InChI=1S/C45H78O4/c1-3-5-7-9-11-13-15-17-19-21-22-23-24-25-26-28-30-32-34-36-38-40-45(47)49-44(42-46)43-48-41-39-37-35-33-31-29-27-20-18-16-14-12-10-8-6-4-2/h5,7,11-14,17-20,22-23,44,46H,3-4,6,8-10,15-16,21,24-43H2,1-2H3/b7-5-,13-11-,14-12-,19-17-,20-18-,23-22-. The highest BCUT2D eigenvalue weighted by molar-refractivity contribution is 5.69. The first-order chi connectivity index (χ1) is 24.2. The van der Waals surface area contributed by atoms with Crippen molar-refractivity contribution in [2.45, 2.75) is 187 Å². The van der Waals surface area contributed by atoms with E-state index >= 15 is 0 Å². The second-order valence-electron chi connectivity index (χ2n) is 13.3. The molecular weight excluding hydrogens is 604 g/mol. The van der Waals surface area contributed by atoms with Crippen molar-refractivity contribution in [2.24, 2.45) is 0 Å². The Hall–Kier alpha value is -2.17. The van der Waals surface area contributed by atoms with E-state index in [-0.39, 0.29) is 19.2 Å². The third-order valence-corrected chi connectivity index (χ3v) is 8.52. The third kappa shape index (κ3) is 40.1. The van der Waals surface area contributed by atoms with Gasteiger partial charge in [-0.05, 0) is 83.5 Å². The second kappa shape index (κ2) is 42.0. The molecule has 4 heteroatoms. The van der Waals surface area contributed by atoms with E-state index in [4.69, 9.17) is 9.47 Å². The van der Waals surface area contributed by atoms with Crippen LogP contribution >= 0.6 is 0 Å². The van der Waals surface area contributed by atoms with E-state index in [1.807, 2.05) is 0 Å². The van der Waals surface area contributed by atoms with Crippen molar-refractivity contribution >= 4 is 5.97 Å². The molecule has 0 heterocycles. The largest absolute Gasteiger partial charge is 0.457 e. The van der Waals surface area contributed by atoms with Gasteiger partial charge in [0.15, 0.2) is 0 Å². The molecule has 1 unspecified atom stereocenters. The van der Waals surface area contributed by atoms with Crippen LogP contribution in [0.25, 0.3) is 0 Å². The monoisotopic (exact) mass is 683 g/mol. The number of hydrogen-bond donors (Lipinski definition) is 1. The number of carbonyl (C=O) groups is 1. The summed E-state index contributed by atoms with van der Waals surface area (Å²) in [7, 11) is 0. The van der Waals surface area contributed by atoms with Gasteiger partial charge in [0, 0.05) is 13.0 Å². The minimum Gasteiger partial charge on any atom is -0.457 e. The lowest BCUT2D eigenvalue weighted by atomic mass is 10.1. The molecule has 0 amide bonds. The molecule has 0 spiro atoms. The van der Waals surface area contributed by atoms with Gasteiger partial charge in [0.25, 0.3) is 0 Å². The molecule has 49 heavy (non-hydrogen) atoms. The molecule has 0 aromatic carbocycles. The van der Waals surface area contributed by atoms with Gasteiger partial charge in [0.2, 0.25) is 0 Å². The van der Waals surface area contributed by atoms with Crippen LogP contribution in [0.1, 0.15) is 181 Å². The summed E-state index contributed by atoms with van der Waals surface area (Å²) in [5, 5.41) is 9.59. The van der Waals surface area contributed by atoms with E-state index in [0.29, 0.717) is 13.0 Å². The molecule has 0 aromatic heterocycles. The molecule has 282 valence electrons. The quantitative estimate of drug-likeness (QED) is 0.0402. The van der Waals surface area contributed by atoms with E-state index in [9.17, 15) is 9.90 Å². The molecule has 0 saturated heterocycles. The van der Waals surface area contributed by atoms with Gasteiger partial charge in [-0.1, -0.05) is 164 Å². The Morgan fingerprint density at radius 3 is 1.39 bits per heavy atom. The van der Waals surface area contributed by atoms with Crippen molar-refractivity contribution in [3.63, 3.8) is 0 Å². The topological polar surface area (TPSA) is 55.8 Å². The maximum atomic E-state index is 12.2. The first-order valence-corrected chi connectivity index (χ1v) is 20.5. The van der Waals surface area contributed by atoms with E-state index in [1.54, 1.807) is 0 Å². The Balaban J connectivity index is 3.50. The molecule has 1 N–H and O–H groups in total. The third-order valence-electron chi connectivity index (χ3n) is 8.52. The zero-order valence-electron chi connectivity index (χ0n) is 32.2. The highest BCUT2D eigenvalue weighted by Gasteiger charge is 2.13. The molecular formula is C45H78O4. The van der Waals surface area contributed by atoms with Crippen LogP contribution in [0.15, 0.2) is 72.9 Å². The number of ether oxygens (including phenoxy) is 2. The smallest absolute Gasteiger partial charge is 0.306 e. The molecule has 0 rings (SSSR count). The van der Waals surface area contributed by atoms with Gasteiger partial charge >= 0.3 is 5.97 Å². The first-order valence-electron chi connectivity index (χ1n) is 20.5. The SMILES string of the molecule is CC/C=C\C/C=C\C/C=C\C/C=C\CCCCCCCCCCC(=O)OC(CO)COCCCCCCCC/C=C\C/C=C\CCCCC. The normalized spacial score (nSPS) is 13.1. The molecule has 0 aliphatic rings. The fraction of sp³-hybridized carbons (Fsp3) is 0.711. The number of aliphatic hydroxyl groups is 1. The molecule has 0 aromatic rings. The Kier molecular flexibility index (Phi) is 40.1. The summed E-state index contributed by atoms with van der Waals surface area (Å²) in [6.45, 7) is 5.17. The van der Waals surface area contributed by atoms with Gasteiger partial charge in [-0.25, -0.2) is 0 Å². The van der Waals surface area contributed by atoms with Gasteiger partial charge in [0.1, 0.15) is 6.10 Å². The Morgan fingerprint density at radius 2 is 0.918 bits per heavy atom. The van der Waals surface area contributed by atoms with E-state index in [1.165, 1.54) is 103 Å². The van der Waals surface area contributed by atoms with Crippen molar-refractivity contribution in [1.82, 2.24) is 0 Å². The van der Waals surface area contributed by atoms with Gasteiger partial charge in [-0.15, -0.1) is 0 Å². The van der Waals surface area contributed by atoms with Crippen molar-refractivity contribution < 1.29 is 19.4 Å². The van der Waals surface area contributed by atoms with E-state index in [2.05, 4.69) is 86.8 Å². The Labute approximate surface area is 304 Å². The summed E-state index contributed by atoms with van der Waals surface area (Å²) < 4.78 is 11.1. The molecule has 1 atom stereocenters. The van der Waals surface area contributed by atoms with Crippen LogP contribution in [0, 0.1) is 0 Å². The fourth-order valence-electron chi connectivity index (χ4n) is 5.47. The molecule has 0 bridgehead atoms. The Bertz CT molecular complexity index is 850. The average Bonchev–Trinajstić information content (AvgIpc) is 3.11. The van der Waals surface area contributed by atoms with Crippen LogP contribution in [0.4, 0.5) is 0 Å². The lowest BCUT2D eigenvalue weighted by molar-refractivity contribution is -0.154. The molecule has 0 fully saturated rings.